The number of benzene rings is 2. The Bertz CT molecular complexity index is 976. The van der Waals surface area contributed by atoms with E-state index in [9.17, 15) is 13.2 Å². The average Bonchev–Trinajstić information content (AvgIpc) is 3.20. The smallest absolute Gasteiger partial charge is 0.261 e. The molecule has 0 aromatic heterocycles. The van der Waals surface area contributed by atoms with Crippen LogP contribution in [-0.4, -0.2) is 33.6 Å². The molecule has 27 heavy (non-hydrogen) atoms. The van der Waals surface area contributed by atoms with Gasteiger partial charge in [0.15, 0.2) is 0 Å². The van der Waals surface area contributed by atoms with Crippen LogP contribution in [0, 0.1) is 11.3 Å². The summed E-state index contributed by atoms with van der Waals surface area (Å²) in [5, 5.41) is 11.7. The van der Waals surface area contributed by atoms with Crippen molar-refractivity contribution in [2.45, 2.75) is 23.8 Å². The molecule has 0 unspecified atom stereocenters. The fourth-order valence-electron chi connectivity index (χ4n) is 2.81. The lowest BCUT2D eigenvalue weighted by Gasteiger charge is -2.14. The molecule has 0 spiro atoms. The van der Waals surface area contributed by atoms with E-state index in [-0.39, 0.29) is 33.7 Å². The Labute approximate surface area is 158 Å². The molecule has 0 radical (unpaired) electrons. The fraction of sp³-hybridized carbons (Fsp3) is 0.263. The van der Waals surface area contributed by atoms with Crippen molar-refractivity contribution in [3.8, 4) is 6.07 Å². The summed E-state index contributed by atoms with van der Waals surface area (Å²) in [5.74, 6) is -0.380. The van der Waals surface area contributed by atoms with E-state index in [1.165, 1.54) is 30.3 Å². The Hall–Kier alpha value is -2.89. The van der Waals surface area contributed by atoms with Gasteiger partial charge in [-0.05, 0) is 43.2 Å². The third-order valence-electron chi connectivity index (χ3n) is 4.20. The number of hydrogen-bond acceptors (Lipinski definition) is 5. The maximum absolute atomic E-state index is 12.6. The van der Waals surface area contributed by atoms with Gasteiger partial charge in [0.1, 0.15) is 0 Å². The van der Waals surface area contributed by atoms with E-state index < -0.39 is 10.0 Å². The maximum atomic E-state index is 12.6. The van der Waals surface area contributed by atoms with Gasteiger partial charge in [-0.15, -0.1) is 0 Å². The van der Waals surface area contributed by atoms with Crippen LogP contribution in [0.1, 0.15) is 28.8 Å². The summed E-state index contributed by atoms with van der Waals surface area (Å²) >= 11 is 0. The van der Waals surface area contributed by atoms with Gasteiger partial charge >= 0.3 is 0 Å². The summed E-state index contributed by atoms with van der Waals surface area (Å²) in [6.07, 6.45) is 1.86. The molecule has 1 saturated heterocycles. The summed E-state index contributed by atoms with van der Waals surface area (Å²) < 4.78 is 33.2. The molecule has 1 aliphatic rings. The lowest BCUT2D eigenvalue weighted by atomic mass is 10.1. The van der Waals surface area contributed by atoms with Gasteiger partial charge in [0.05, 0.1) is 33.9 Å². The van der Waals surface area contributed by atoms with E-state index in [2.05, 4.69) is 10.0 Å². The van der Waals surface area contributed by atoms with Gasteiger partial charge in [-0.3, -0.25) is 9.52 Å². The molecule has 1 amide bonds. The number of ether oxygens (including phenoxy) is 1. The van der Waals surface area contributed by atoms with Crippen LogP contribution in [0.15, 0.2) is 53.4 Å². The van der Waals surface area contributed by atoms with Crippen LogP contribution in [0.25, 0.3) is 0 Å². The third-order valence-corrected chi connectivity index (χ3v) is 5.57. The van der Waals surface area contributed by atoms with Gasteiger partial charge in [-0.25, -0.2) is 8.42 Å². The molecule has 2 aromatic rings. The Morgan fingerprint density at radius 1 is 1.22 bits per heavy atom. The van der Waals surface area contributed by atoms with Gasteiger partial charge in [-0.2, -0.15) is 5.26 Å². The number of carbonyl (C=O) groups excluding carboxylic acids is 1. The number of hydrogen-bond donors (Lipinski definition) is 2. The highest BCUT2D eigenvalue weighted by atomic mass is 32.2. The topological polar surface area (TPSA) is 108 Å². The molecule has 1 aliphatic heterocycles. The minimum absolute atomic E-state index is 0.00785. The van der Waals surface area contributed by atoms with Gasteiger partial charge in [0.25, 0.3) is 15.9 Å². The molecule has 1 heterocycles. The molecule has 0 aliphatic carbocycles. The zero-order valence-corrected chi connectivity index (χ0v) is 15.3. The predicted molar refractivity (Wildman–Crippen MR) is 99.7 cm³/mol. The highest BCUT2D eigenvalue weighted by Crippen LogP contribution is 2.21. The lowest BCUT2D eigenvalue weighted by Crippen LogP contribution is -2.32. The summed E-state index contributed by atoms with van der Waals surface area (Å²) in [6.45, 7) is 1.07. The minimum atomic E-state index is -3.94. The number of para-hydroxylation sites is 1. The van der Waals surface area contributed by atoms with Crippen molar-refractivity contribution in [3.63, 3.8) is 0 Å². The SMILES string of the molecule is N#Cc1cccc(S(=O)(=O)Nc2ccccc2C(=O)NC[C@@H]2CCCO2)c1. The number of nitriles is 1. The Balaban J connectivity index is 1.78. The second-order valence-corrected chi connectivity index (χ2v) is 7.82. The first-order valence-corrected chi connectivity index (χ1v) is 10.00. The first-order valence-electron chi connectivity index (χ1n) is 8.51. The van der Waals surface area contributed by atoms with Crippen LogP contribution in [0.4, 0.5) is 5.69 Å². The zero-order chi connectivity index (χ0) is 19.3. The zero-order valence-electron chi connectivity index (χ0n) is 14.5. The maximum Gasteiger partial charge on any atom is 0.261 e. The number of amides is 1. The van der Waals surface area contributed by atoms with Crippen molar-refractivity contribution < 1.29 is 17.9 Å². The van der Waals surface area contributed by atoms with Crippen molar-refractivity contribution in [2.24, 2.45) is 0 Å². The van der Waals surface area contributed by atoms with Crippen molar-refractivity contribution >= 4 is 21.6 Å². The quantitative estimate of drug-likeness (QED) is 0.793. The van der Waals surface area contributed by atoms with E-state index >= 15 is 0 Å². The molecule has 0 bridgehead atoms. The van der Waals surface area contributed by atoms with Gasteiger partial charge in [0.2, 0.25) is 0 Å². The number of nitrogens with zero attached hydrogens (tertiary/aromatic N) is 1. The fourth-order valence-corrected chi connectivity index (χ4v) is 3.94. The van der Waals surface area contributed by atoms with E-state index in [0.29, 0.717) is 13.2 Å². The van der Waals surface area contributed by atoms with Gasteiger partial charge < -0.3 is 10.1 Å². The van der Waals surface area contributed by atoms with Gasteiger partial charge in [-0.1, -0.05) is 18.2 Å². The molecule has 8 heteroatoms. The molecule has 0 saturated carbocycles. The standard InChI is InChI=1S/C19H19N3O4S/c20-12-14-5-3-7-16(11-14)27(24,25)22-18-9-2-1-8-17(18)19(23)21-13-15-6-4-10-26-15/h1-3,5,7-9,11,15,22H,4,6,10,13H2,(H,21,23)/t15-/m0/s1. The monoisotopic (exact) mass is 385 g/mol. The second kappa shape index (κ2) is 8.20. The van der Waals surface area contributed by atoms with Crippen LogP contribution in [0.5, 0.6) is 0 Å². The Kier molecular flexibility index (Phi) is 5.74. The summed E-state index contributed by atoms with van der Waals surface area (Å²) in [7, 11) is -3.94. The highest BCUT2D eigenvalue weighted by Gasteiger charge is 2.21. The van der Waals surface area contributed by atoms with Crippen LogP contribution < -0.4 is 10.0 Å². The lowest BCUT2D eigenvalue weighted by molar-refractivity contribution is 0.0858. The van der Waals surface area contributed by atoms with Gasteiger partial charge in [0, 0.05) is 13.2 Å². The van der Waals surface area contributed by atoms with E-state index in [4.69, 9.17) is 10.00 Å². The number of anilines is 1. The molecule has 140 valence electrons. The Morgan fingerprint density at radius 3 is 2.78 bits per heavy atom. The molecule has 1 fully saturated rings. The van der Waals surface area contributed by atoms with E-state index in [0.717, 1.165) is 12.8 Å². The molecule has 1 atom stereocenters. The first-order chi connectivity index (χ1) is 13.0. The summed E-state index contributed by atoms with van der Waals surface area (Å²) in [4.78, 5) is 12.5. The van der Waals surface area contributed by atoms with E-state index in [1.807, 2.05) is 6.07 Å². The van der Waals surface area contributed by atoms with Crippen molar-refractivity contribution in [3.05, 3.63) is 59.7 Å². The second-order valence-electron chi connectivity index (χ2n) is 6.14. The largest absolute Gasteiger partial charge is 0.376 e. The number of rotatable bonds is 6. The average molecular weight is 385 g/mol. The van der Waals surface area contributed by atoms with Crippen LogP contribution in [0.3, 0.4) is 0 Å². The predicted octanol–water partition coefficient (Wildman–Crippen LogP) is 2.27. The normalized spacial score (nSPS) is 16.5. The summed E-state index contributed by atoms with van der Waals surface area (Å²) in [5.41, 5.74) is 0.626. The minimum Gasteiger partial charge on any atom is -0.376 e. The van der Waals surface area contributed by atoms with Crippen molar-refractivity contribution in [2.75, 3.05) is 17.9 Å². The molecular weight excluding hydrogens is 366 g/mol. The number of carbonyl (C=O) groups is 1. The molecular formula is C19H19N3O4S. The molecule has 7 nitrogen and oxygen atoms in total. The molecule has 2 N–H and O–H groups in total. The molecule has 2 aromatic carbocycles. The summed E-state index contributed by atoms with van der Waals surface area (Å²) in [6, 6.07) is 14.0. The van der Waals surface area contributed by atoms with Crippen LogP contribution in [0.2, 0.25) is 0 Å². The first kappa shape index (κ1) is 18.9. The van der Waals surface area contributed by atoms with Crippen LogP contribution in [-0.2, 0) is 14.8 Å². The Morgan fingerprint density at radius 2 is 2.04 bits per heavy atom. The number of sulfonamides is 1. The highest BCUT2D eigenvalue weighted by molar-refractivity contribution is 7.92. The number of nitrogens with one attached hydrogen (secondary N) is 2. The third kappa shape index (κ3) is 4.64. The van der Waals surface area contributed by atoms with Crippen molar-refractivity contribution in [1.29, 1.82) is 5.26 Å². The van der Waals surface area contributed by atoms with Crippen molar-refractivity contribution in [1.82, 2.24) is 5.32 Å². The van der Waals surface area contributed by atoms with E-state index in [1.54, 1.807) is 18.2 Å². The molecule has 3 rings (SSSR count). The van der Waals surface area contributed by atoms with Crippen LogP contribution >= 0.6 is 0 Å².